The Morgan fingerprint density at radius 1 is 1.19 bits per heavy atom. The van der Waals surface area contributed by atoms with Gasteiger partial charge in [-0.25, -0.2) is 21.9 Å². The molecule has 0 fully saturated rings. The molecule has 0 unspecified atom stereocenters. The van der Waals surface area contributed by atoms with Crippen LogP contribution in [-0.2, 0) is 16.6 Å². The fourth-order valence-corrected chi connectivity index (χ4v) is 3.23. The summed E-state index contributed by atoms with van der Waals surface area (Å²) < 4.78 is 54.8. The van der Waals surface area contributed by atoms with Crippen LogP contribution in [0.2, 0.25) is 0 Å². The molecule has 0 atom stereocenters. The largest absolute Gasteiger partial charge is 0.310 e. The Bertz CT molecular complexity index is 608. The molecular formula is C14H22F2N2O2S. The van der Waals surface area contributed by atoms with Crippen molar-refractivity contribution in [2.24, 2.45) is 0 Å². The molecular weight excluding hydrogens is 298 g/mol. The fourth-order valence-electron chi connectivity index (χ4n) is 1.71. The van der Waals surface area contributed by atoms with Gasteiger partial charge >= 0.3 is 0 Å². The lowest BCUT2D eigenvalue weighted by atomic mass is 10.1. The average Bonchev–Trinajstić information content (AvgIpc) is 2.24. The van der Waals surface area contributed by atoms with Crippen molar-refractivity contribution in [1.82, 2.24) is 10.0 Å². The second-order valence-electron chi connectivity index (χ2n) is 6.23. The number of benzene rings is 1. The lowest BCUT2D eigenvalue weighted by Crippen LogP contribution is -2.41. The van der Waals surface area contributed by atoms with Gasteiger partial charge in [0, 0.05) is 23.7 Å². The van der Waals surface area contributed by atoms with E-state index < -0.39 is 32.1 Å². The topological polar surface area (TPSA) is 58.2 Å². The molecule has 0 bridgehead atoms. The Morgan fingerprint density at radius 3 is 2.24 bits per heavy atom. The molecule has 0 aromatic heterocycles. The lowest BCUT2D eigenvalue weighted by molar-refractivity contribution is 0.477. The maximum atomic E-state index is 14.4. The van der Waals surface area contributed by atoms with E-state index >= 15 is 0 Å². The van der Waals surface area contributed by atoms with Crippen molar-refractivity contribution < 1.29 is 17.2 Å². The van der Waals surface area contributed by atoms with Crippen LogP contribution in [0.3, 0.4) is 0 Å². The van der Waals surface area contributed by atoms with E-state index in [1.54, 1.807) is 20.8 Å². The molecule has 0 radical (unpaired) electrons. The smallest absolute Gasteiger partial charge is 0.243 e. The normalized spacial score (nSPS) is 13.0. The van der Waals surface area contributed by atoms with Crippen LogP contribution >= 0.6 is 0 Å². The first-order chi connectivity index (χ1) is 9.44. The predicted octanol–water partition coefficient (Wildman–Crippen LogP) is 2.54. The Labute approximate surface area is 125 Å². The monoisotopic (exact) mass is 320 g/mol. The third kappa shape index (κ3) is 5.01. The maximum Gasteiger partial charge on any atom is 0.243 e. The first-order valence-electron chi connectivity index (χ1n) is 6.68. The quantitative estimate of drug-likeness (QED) is 0.876. The second kappa shape index (κ2) is 6.37. The molecule has 1 rings (SSSR count). The average molecular weight is 320 g/mol. The van der Waals surface area contributed by atoms with Crippen molar-refractivity contribution in [2.45, 2.75) is 57.6 Å². The van der Waals surface area contributed by atoms with Crippen LogP contribution in [0.5, 0.6) is 0 Å². The highest BCUT2D eigenvalue weighted by atomic mass is 32.2. The van der Waals surface area contributed by atoms with Crippen molar-refractivity contribution in [3.8, 4) is 0 Å². The molecule has 0 saturated carbocycles. The van der Waals surface area contributed by atoms with Crippen molar-refractivity contribution in [1.29, 1.82) is 0 Å². The van der Waals surface area contributed by atoms with E-state index in [0.717, 1.165) is 12.1 Å². The first kappa shape index (κ1) is 18.0. The molecule has 4 nitrogen and oxygen atoms in total. The maximum absolute atomic E-state index is 14.4. The summed E-state index contributed by atoms with van der Waals surface area (Å²) in [7, 11) is -4.05. The molecule has 21 heavy (non-hydrogen) atoms. The van der Waals surface area contributed by atoms with Crippen molar-refractivity contribution in [2.75, 3.05) is 0 Å². The lowest BCUT2D eigenvalue weighted by Gasteiger charge is -2.21. The van der Waals surface area contributed by atoms with Gasteiger partial charge in [0.1, 0.15) is 10.7 Å². The summed E-state index contributed by atoms with van der Waals surface area (Å²) >= 11 is 0. The molecule has 0 heterocycles. The third-order valence-electron chi connectivity index (χ3n) is 2.57. The number of nitrogens with one attached hydrogen (secondary N) is 2. The summed E-state index contributed by atoms with van der Waals surface area (Å²) in [6.07, 6.45) is 0. The van der Waals surface area contributed by atoms with Crippen LogP contribution in [0, 0.1) is 11.6 Å². The van der Waals surface area contributed by atoms with E-state index in [-0.39, 0.29) is 18.2 Å². The number of rotatable bonds is 5. The van der Waals surface area contributed by atoms with E-state index in [0.29, 0.717) is 0 Å². The molecule has 2 N–H and O–H groups in total. The minimum atomic E-state index is -4.05. The Kier molecular flexibility index (Phi) is 5.46. The van der Waals surface area contributed by atoms with Gasteiger partial charge in [-0.15, -0.1) is 0 Å². The van der Waals surface area contributed by atoms with Crippen molar-refractivity contribution in [3.05, 3.63) is 29.3 Å². The zero-order valence-corrected chi connectivity index (χ0v) is 13.7. The highest BCUT2D eigenvalue weighted by Crippen LogP contribution is 2.22. The van der Waals surface area contributed by atoms with Crippen molar-refractivity contribution >= 4 is 10.0 Å². The molecule has 0 saturated heterocycles. The summed E-state index contributed by atoms with van der Waals surface area (Å²) in [5.74, 6) is -1.82. The van der Waals surface area contributed by atoms with Crippen LogP contribution in [-0.4, -0.2) is 20.0 Å². The van der Waals surface area contributed by atoms with Gasteiger partial charge in [-0.3, -0.25) is 0 Å². The Hall–Kier alpha value is -1.05. The van der Waals surface area contributed by atoms with Crippen LogP contribution in [0.4, 0.5) is 8.78 Å². The molecule has 0 aliphatic heterocycles. The molecule has 0 aliphatic rings. The predicted molar refractivity (Wildman–Crippen MR) is 78.4 cm³/mol. The van der Waals surface area contributed by atoms with Crippen LogP contribution in [0.1, 0.15) is 40.2 Å². The molecule has 1 aromatic rings. The van der Waals surface area contributed by atoms with Gasteiger partial charge in [-0.05, 0) is 32.9 Å². The Balaban J connectivity index is 3.24. The molecule has 7 heteroatoms. The molecule has 120 valence electrons. The zero-order valence-electron chi connectivity index (χ0n) is 12.9. The van der Waals surface area contributed by atoms with Crippen LogP contribution in [0.25, 0.3) is 0 Å². The summed E-state index contributed by atoms with van der Waals surface area (Å²) in [6.45, 7) is 8.52. The summed E-state index contributed by atoms with van der Waals surface area (Å²) in [5.41, 5.74) is -1.03. The van der Waals surface area contributed by atoms with E-state index in [1.165, 1.54) is 0 Å². The minimum Gasteiger partial charge on any atom is -0.310 e. The highest BCUT2D eigenvalue weighted by molar-refractivity contribution is 7.89. The van der Waals surface area contributed by atoms with Gasteiger partial charge in [0.05, 0.1) is 0 Å². The standard InChI is InChI=1S/C14H22F2N2O2S/c1-9(2)17-8-10-11(15)6-7-12(13(10)16)21(19,20)18-14(3,4)5/h6-7,9,17-18H,8H2,1-5H3. The van der Waals surface area contributed by atoms with Gasteiger partial charge in [-0.1, -0.05) is 13.8 Å². The van der Waals surface area contributed by atoms with E-state index in [2.05, 4.69) is 10.0 Å². The molecule has 0 aliphatic carbocycles. The van der Waals surface area contributed by atoms with Gasteiger partial charge in [0.25, 0.3) is 0 Å². The second-order valence-corrected chi connectivity index (χ2v) is 7.88. The number of sulfonamides is 1. The summed E-state index contributed by atoms with van der Waals surface area (Å²) in [5, 5.41) is 2.88. The number of hydrogen-bond donors (Lipinski definition) is 2. The van der Waals surface area contributed by atoms with E-state index in [9.17, 15) is 17.2 Å². The molecule has 0 spiro atoms. The van der Waals surface area contributed by atoms with Crippen LogP contribution in [0.15, 0.2) is 17.0 Å². The third-order valence-corrected chi connectivity index (χ3v) is 4.34. The molecule has 1 aromatic carbocycles. The van der Waals surface area contributed by atoms with Gasteiger partial charge in [-0.2, -0.15) is 0 Å². The van der Waals surface area contributed by atoms with Gasteiger partial charge in [0.15, 0.2) is 5.82 Å². The van der Waals surface area contributed by atoms with E-state index in [4.69, 9.17) is 0 Å². The fraction of sp³-hybridized carbons (Fsp3) is 0.571. The van der Waals surface area contributed by atoms with Gasteiger partial charge < -0.3 is 5.32 Å². The van der Waals surface area contributed by atoms with Gasteiger partial charge in [0.2, 0.25) is 10.0 Å². The molecule has 0 amide bonds. The van der Waals surface area contributed by atoms with E-state index in [1.807, 2.05) is 13.8 Å². The number of hydrogen-bond acceptors (Lipinski definition) is 3. The minimum absolute atomic E-state index is 0.0248. The van der Waals surface area contributed by atoms with Crippen LogP contribution < -0.4 is 10.0 Å². The SMILES string of the molecule is CC(C)NCc1c(F)ccc(S(=O)(=O)NC(C)(C)C)c1F. The number of halogens is 2. The summed E-state index contributed by atoms with van der Waals surface area (Å²) in [6, 6.07) is 1.94. The first-order valence-corrected chi connectivity index (χ1v) is 8.16. The summed E-state index contributed by atoms with van der Waals surface area (Å²) in [4.78, 5) is -0.542. The van der Waals surface area contributed by atoms with Crippen molar-refractivity contribution in [3.63, 3.8) is 0 Å². The highest BCUT2D eigenvalue weighted by Gasteiger charge is 2.27. The zero-order chi connectivity index (χ0) is 16.4. The Morgan fingerprint density at radius 2 is 1.76 bits per heavy atom.